The maximum atomic E-state index is 13.0. The molecule has 1 aromatic heterocycles. The molecule has 1 heterocycles. The number of hydrogen-bond donors (Lipinski definition) is 0. The van der Waals surface area contributed by atoms with Crippen LogP contribution < -0.4 is 9.47 Å². The molecule has 6 heteroatoms. The predicted molar refractivity (Wildman–Crippen MR) is 124 cm³/mol. The molecule has 0 spiro atoms. The van der Waals surface area contributed by atoms with Crippen LogP contribution in [0.1, 0.15) is 37.9 Å². The van der Waals surface area contributed by atoms with Gasteiger partial charge in [0.15, 0.2) is 11.5 Å². The zero-order valence-corrected chi connectivity index (χ0v) is 19.2. The second-order valence-corrected chi connectivity index (χ2v) is 8.76. The van der Waals surface area contributed by atoms with E-state index in [2.05, 4.69) is 13.8 Å². The van der Waals surface area contributed by atoms with E-state index >= 15 is 0 Å². The van der Waals surface area contributed by atoms with Crippen LogP contribution in [-0.2, 0) is 11.3 Å². The van der Waals surface area contributed by atoms with Gasteiger partial charge in [0, 0.05) is 12.5 Å². The first-order valence-corrected chi connectivity index (χ1v) is 11.2. The number of hydrogen-bond acceptors (Lipinski definition) is 4. The number of methoxy groups -OCH3 is 1. The maximum absolute atomic E-state index is 13.0. The van der Waals surface area contributed by atoms with Crippen molar-refractivity contribution in [1.82, 2.24) is 14.7 Å². The number of amides is 1. The summed E-state index contributed by atoms with van der Waals surface area (Å²) in [6.07, 6.45) is 1.97. The van der Waals surface area contributed by atoms with Crippen LogP contribution in [-0.4, -0.2) is 34.2 Å². The summed E-state index contributed by atoms with van der Waals surface area (Å²) < 4.78 is 13.8. The summed E-state index contributed by atoms with van der Waals surface area (Å²) in [4.78, 5) is 15.0. The third-order valence-corrected chi connectivity index (χ3v) is 5.59. The fourth-order valence-electron chi connectivity index (χ4n) is 3.83. The van der Waals surface area contributed by atoms with Crippen molar-refractivity contribution in [3.8, 4) is 23.1 Å². The first-order chi connectivity index (χ1) is 15.5. The van der Waals surface area contributed by atoms with Crippen LogP contribution in [0.2, 0.25) is 0 Å². The van der Waals surface area contributed by atoms with Gasteiger partial charge in [-0.15, -0.1) is 0 Å². The van der Waals surface area contributed by atoms with Crippen LogP contribution in [0.5, 0.6) is 17.4 Å². The molecular weight excluding hydrogens is 402 g/mol. The van der Waals surface area contributed by atoms with Crippen molar-refractivity contribution in [2.75, 3.05) is 13.7 Å². The van der Waals surface area contributed by atoms with Crippen LogP contribution in [0.15, 0.2) is 54.6 Å². The number of nitrogens with zero attached hydrogens (tertiary/aromatic N) is 3. The van der Waals surface area contributed by atoms with Gasteiger partial charge in [-0.25, -0.2) is 4.68 Å². The highest BCUT2D eigenvalue weighted by Crippen LogP contribution is 2.37. The monoisotopic (exact) mass is 433 g/mol. The normalized spacial score (nSPS) is 13.3. The number of ether oxygens (including phenoxy) is 2. The number of carbonyl (C=O) groups excluding carboxylic acids is 1. The predicted octanol–water partition coefficient (Wildman–Crippen LogP) is 5.38. The minimum Gasteiger partial charge on any atom is -0.493 e. The van der Waals surface area contributed by atoms with Gasteiger partial charge in [-0.2, -0.15) is 5.10 Å². The summed E-state index contributed by atoms with van der Waals surface area (Å²) >= 11 is 0. The smallest absolute Gasteiger partial charge is 0.228 e. The average molecular weight is 434 g/mol. The van der Waals surface area contributed by atoms with Crippen molar-refractivity contribution in [3.05, 3.63) is 65.9 Å². The van der Waals surface area contributed by atoms with Crippen molar-refractivity contribution in [2.24, 2.45) is 11.8 Å². The van der Waals surface area contributed by atoms with Gasteiger partial charge in [-0.05, 0) is 49.9 Å². The number of benzene rings is 2. The topological polar surface area (TPSA) is 56.6 Å². The summed E-state index contributed by atoms with van der Waals surface area (Å²) in [5.41, 5.74) is 2.65. The third-order valence-electron chi connectivity index (χ3n) is 5.59. The van der Waals surface area contributed by atoms with Crippen molar-refractivity contribution >= 4 is 5.91 Å². The molecule has 168 valence electrons. The van der Waals surface area contributed by atoms with Gasteiger partial charge in [0.25, 0.3) is 0 Å². The Morgan fingerprint density at radius 2 is 1.75 bits per heavy atom. The third kappa shape index (κ3) is 4.79. The van der Waals surface area contributed by atoms with Crippen LogP contribution in [0.4, 0.5) is 0 Å². The lowest BCUT2D eigenvalue weighted by Gasteiger charge is -2.25. The molecule has 32 heavy (non-hydrogen) atoms. The lowest BCUT2D eigenvalue weighted by Crippen LogP contribution is -2.35. The average Bonchev–Trinajstić information content (AvgIpc) is 3.60. The Bertz CT molecular complexity index is 1070. The van der Waals surface area contributed by atoms with Crippen LogP contribution in [0.25, 0.3) is 5.69 Å². The Labute approximate surface area is 189 Å². The number of aromatic nitrogens is 2. The van der Waals surface area contributed by atoms with Gasteiger partial charge in [0.2, 0.25) is 11.8 Å². The Balaban J connectivity index is 1.77. The Hall–Kier alpha value is -3.28. The fourth-order valence-corrected chi connectivity index (χ4v) is 3.83. The van der Waals surface area contributed by atoms with Crippen molar-refractivity contribution < 1.29 is 14.3 Å². The number of para-hydroxylation sites is 3. The quantitative estimate of drug-likeness (QED) is 0.455. The second-order valence-electron chi connectivity index (χ2n) is 8.76. The number of rotatable bonds is 9. The summed E-state index contributed by atoms with van der Waals surface area (Å²) in [5.74, 6) is 2.63. The highest BCUT2D eigenvalue weighted by Gasteiger charge is 2.35. The van der Waals surface area contributed by atoms with E-state index in [1.807, 2.05) is 71.1 Å². The molecule has 0 aliphatic heterocycles. The molecule has 0 N–H and O–H groups in total. The van der Waals surface area contributed by atoms with Gasteiger partial charge >= 0.3 is 0 Å². The lowest BCUT2D eigenvalue weighted by atomic mass is 10.1. The van der Waals surface area contributed by atoms with E-state index in [0.29, 0.717) is 36.4 Å². The number of carbonyl (C=O) groups is 1. The van der Waals surface area contributed by atoms with Gasteiger partial charge < -0.3 is 14.4 Å². The zero-order valence-electron chi connectivity index (χ0n) is 19.2. The van der Waals surface area contributed by atoms with Crippen LogP contribution in [0, 0.1) is 18.8 Å². The molecule has 4 rings (SSSR count). The highest BCUT2D eigenvalue weighted by molar-refractivity contribution is 5.81. The molecule has 6 nitrogen and oxygen atoms in total. The molecule has 1 aliphatic carbocycles. The van der Waals surface area contributed by atoms with Crippen molar-refractivity contribution in [3.63, 3.8) is 0 Å². The van der Waals surface area contributed by atoms with Crippen molar-refractivity contribution in [1.29, 1.82) is 0 Å². The highest BCUT2D eigenvalue weighted by atomic mass is 16.5. The molecule has 1 amide bonds. The maximum Gasteiger partial charge on any atom is 0.228 e. The first-order valence-electron chi connectivity index (χ1n) is 11.2. The summed E-state index contributed by atoms with van der Waals surface area (Å²) in [7, 11) is 1.63. The molecule has 0 atom stereocenters. The van der Waals surface area contributed by atoms with Gasteiger partial charge in [-0.1, -0.05) is 44.2 Å². The van der Waals surface area contributed by atoms with E-state index in [1.165, 1.54) is 0 Å². The summed E-state index contributed by atoms with van der Waals surface area (Å²) in [5, 5.41) is 4.80. The molecule has 0 unspecified atom stereocenters. The minimum absolute atomic E-state index is 0.164. The van der Waals surface area contributed by atoms with E-state index in [4.69, 9.17) is 14.6 Å². The molecule has 0 saturated heterocycles. The van der Waals surface area contributed by atoms with Crippen molar-refractivity contribution in [2.45, 2.75) is 40.2 Å². The zero-order chi connectivity index (χ0) is 22.7. The van der Waals surface area contributed by atoms with Gasteiger partial charge in [0.1, 0.15) is 0 Å². The van der Waals surface area contributed by atoms with E-state index in [1.54, 1.807) is 7.11 Å². The van der Waals surface area contributed by atoms with Crippen LogP contribution >= 0.6 is 0 Å². The fraction of sp³-hybridized carbons (Fsp3) is 0.385. The Morgan fingerprint density at radius 3 is 2.38 bits per heavy atom. The number of aryl methyl sites for hydroxylation is 1. The summed E-state index contributed by atoms with van der Waals surface area (Å²) in [6, 6.07) is 17.5. The molecule has 0 bridgehead atoms. The lowest BCUT2D eigenvalue weighted by molar-refractivity contribution is -0.133. The minimum atomic E-state index is 0.164. The first kappa shape index (κ1) is 21.9. The van der Waals surface area contributed by atoms with E-state index < -0.39 is 0 Å². The SMILES string of the molecule is COc1ccccc1Oc1c(CN(CC(C)C)C(=O)C2CC2)c(C)nn1-c1ccccc1. The standard InChI is InChI=1S/C26H31N3O3/c1-18(2)16-28(25(30)20-14-15-20)17-22-19(3)27-29(21-10-6-5-7-11-21)26(22)32-24-13-9-8-12-23(24)31-4/h5-13,18,20H,14-17H2,1-4H3. The Kier molecular flexibility index (Phi) is 6.49. The van der Waals surface area contributed by atoms with Gasteiger partial charge in [0.05, 0.1) is 30.6 Å². The molecular formula is C26H31N3O3. The summed E-state index contributed by atoms with van der Waals surface area (Å²) in [6.45, 7) is 7.43. The molecule has 1 fully saturated rings. The second kappa shape index (κ2) is 9.47. The molecule has 2 aromatic carbocycles. The van der Waals surface area contributed by atoms with E-state index in [-0.39, 0.29) is 11.8 Å². The molecule has 1 aliphatic rings. The van der Waals surface area contributed by atoms with E-state index in [9.17, 15) is 4.79 Å². The van der Waals surface area contributed by atoms with Gasteiger partial charge in [-0.3, -0.25) is 4.79 Å². The molecule has 3 aromatic rings. The molecule has 0 radical (unpaired) electrons. The largest absolute Gasteiger partial charge is 0.493 e. The molecule has 1 saturated carbocycles. The van der Waals surface area contributed by atoms with Crippen LogP contribution in [0.3, 0.4) is 0 Å². The van der Waals surface area contributed by atoms with E-state index in [0.717, 1.165) is 29.8 Å². The Morgan fingerprint density at radius 1 is 1.09 bits per heavy atom.